The highest BCUT2D eigenvalue weighted by atomic mass is 19.1. The van der Waals surface area contributed by atoms with Crippen molar-refractivity contribution in [2.75, 3.05) is 20.8 Å². The van der Waals surface area contributed by atoms with Crippen molar-refractivity contribution >= 4 is 18.0 Å². The Kier molecular flexibility index (Phi) is 8.82. The molecule has 1 unspecified atom stereocenters. The summed E-state index contributed by atoms with van der Waals surface area (Å²) in [5.74, 6) is 2.58. The van der Waals surface area contributed by atoms with Gasteiger partial charge in [0.15, 0.2) is 5.94 Å². The smallest absolute Gasteiger partial charge is 0.407 e. The van der Waals surface area contributed by atoms with Gasteiger partial charge in [-0.05, 0) is 30.5 Å². The van der Waals surface area contributed by atoms with Crippen LogP contribution in [0, 0.1) is 11.7 Å². The molecule has 9 heteroatoms. The maximum atomic E-state index is 13.2. The molecule has 1 aliphatic heterocycles. The van der Waals surface area contributed by atoms with Gasteiger partial charge in [0.1, 0.15) is 17.5 Å². The van der Waals surface area contributed by atoms with Gasteiger partial charge in [-0.3, -0.25) is 0 Å². The maximum absolute atomic E-state index is 13.2. The van der Waals surface area contributed by atoms with Crippen LogP contribution >= 0.6 is 0 Å². The van der Waals surface area contributed by atoms with Crippen LogP contribution in [0.3, 0.4) is 0 Å². The molecule has 1 aromatic carbocycles. The molecule has 0 aromatic heterocycles. The average Bonchev–Trinajstić information content (AvgIpc) is 3.24. The molecule has 4 atom stereocenters. The average molecular weight is 434 g/mol. The number of likely N-dealkylation sites (tertiary alicyclic amines) is 1. The van der Waals surface area contributed by atoms with Gasteiger partial charge >= 0.3 is 6.09 Å². The lowest BCUT2D eigenvalue weighted by molar-refractivity contribution is 0.00744. The zero-order valence-corrected chi connectivity index (χ0v) is 17.8. The molecule has 0 saturated carbocycles. The first-order valence-electron chi connectivity index (χ1n) is 9.93. The minimum absolute atomic E-state index is 0.0636. The standard InChI is InChI=1S/C22H27FN2O6/c1-14(21(31-3)19-5-4-10-25(19)22(28)29)18(12-26)24-17(20(13-27)30-2)11-15-6-8-16(23)9-7-15/h6-9,14,17,19,21,24H,4-5,10-11H2,1-3H3,(H,28,29)/t14-,17+,19?,21-/m1/s1. The fourth-order valence-corrected chi connectivity index (χ4v) is 3.99. The number of benzene rings is 1. The van der Waals surface area contributed by atoms with Crippen molar-refractivity contribution in [3.05, 3.63) is 47.1 Å². The summed E-state index contributed by atoms with van der Waals surface area (Å²) in [5, 5.41) is 12.4. The highest BCUT2D eigenvalue weighted by Gasteiger charge is 2.39. The number of halogens is 1. The summed E-state index contributed by atoms with van der Waals surface area (Å²) in [4.78, 5) is 36.1. The number of nitrogens with zero attached hydrogens (tertiary/aromatic N) is 1. The molecule has 0 radical (unpaired) electrons. The van der Waals surface area contributed by atoms with Crippen LogP contribution in [0.4, 0.5) is 9.18 Å². The van der Waals surface area contributed by atoms with Crippen LogP contribution in [0.15, 0.2) is 35.7 Å². The number of hydrogen-bond donors (Lipinski definition) is 2. The lowest BCUT2D eigenvalue weighted by Gasteiger charge is -2.34. The first-order valence-corrected chi connectivity index (χ1v) is 9.93. The Hall–Kier alpha value is -3.12. The third-order valence-electron chi connectivity index (χ3n) is 5.57. The van der Waals surface area contributed by atoms with E-state index in [1.54, 1.807) is 25.0 Å². The van der Waals surface area contributed by atoms with E-state index >= 15 is 0 Å². The Morgan fingerprint density at radius 1 is 1.29 bits per heavy atom. The maximum Gasteiger partial charge on any atom is 0.407 e. The zero-order valence-electron chi connectivity index (χ0n) is 17.8. The van der Waals surface area contributed by atoms with E-state index in [2.05, 4.69) is 5.32 Å². The highest BCUT2D eigenvalue weighted by Crippen LogP contribution is 2.28. The van der Waals surface area contributed by atoms with Crippen molar-refractivity contribution in [1.82, 2.24) is 10.2 Å². The second kappa shape index (κ2) is 11.3. The summed E-state index contributed by atoms with van der Waals surface area (Å²) in [7, 11) is 2.78. The Bertz CT molecular complexity index is 861. The molecular formula is C22H27FN2O6. The minimum Gasteiger partial charge on any atom is -0.488 e. The molecule has 0 bridgehead atoms. The van der Waals surface area contributed by atoms with Gasteiger partial charge in [-0.2, -0.15) is 0 Å². The number of rotatable bonds is 10. The van der Waals surface area contributed by atoms with E-state index in [4.69, 9.17) is 9.47 Å². The van der Waals surface area contributed by atoms with E-state index in [0.29, 0.717) is 24.9 Å². The van der Waals surface area contributed by atoms with Gasteiger partial charge in [0.25, 0.3) is 0 Å². The van der Waals surface area contributed by atoms with E-state index in [0.717, 1.165) is 0 Å². The summed E-state index contributed by atoms with van der Waals surface area (Å²) in [6, 6.07) is 4.55. The molecule has 8 nitrogen and oxygen atoms in total. The second-order valence-corrected chi connectivity index (χ2v) is 7.39. The summed E-state index contributed by atoms with van der Waals surface area (Å²) in [6.45, 7) is 2.13. The fraction of sp³-hybridized carbons (Fsp3) is 0.500. The Morgan fingerprint density at radius 3 is 2.48 bits per heavy atom. The molecule has 2 N–H and O–H groups in total. The van der Waals surface area contributed by atoms with Crippen LogP contribution in [0.1, 0.15) is 25.3 Å². The molecule has 1 saturated heterocycles. The van der Waals surface area contributed by atoms with Gasteiger partial charge in [0.05, 0.1) is 25.3 Å². The fourth-order valence-electron chi connectivity index (χ4n) is 3.99. The summed E-state index contributed by atoms with van der Waals surface area (Å²) in [6.07, 6.45) is -0.107. The molecule has 0 spiro atoms. The van der Waals surface area contributed by atoms with Gasteiger partial charge in [0, 0.05) is 26.0 Å². The predicted octanol–water partition coefficient (Wildman–Crippen LogP) is 2.20. The Balaban J connectivity index is 2.26. The number of nitrogens with one attached hydrogen (secondary N) is 1. The molecule has 0 aliphatic carbocycles. The monoisotopic (exact) mass is 434 g/mol. The predicted molar refractivity (Wildman–Crippen MR) is 110 cm³/mol. The molecule has 1 aliphatic rings. The third kappa shape index (κ3) is 5.95. The molecule has 31 heavy (non-hydrogen) atoms. The van der Waals surface area contributed by atoms with Crippen LogP contribution in [0.5, 0.6) is 0 Å². The number of methoxy groups -OCH3 is 2. The number of hydrogen-bond acceptors (Lipinski definition) is 6. The Morgan fingerprint density at radius 2 is 1.97 bits per heavy atom. The van der Waals surface area contributed by atoms with E-state index < -0.39 is 36.0 Å². The SMILES string of the molecule is COC(=C=O)[C@H](Cc1ccc(F)cc1)NC(=C=O)[C@@H](C)[C@@H](OC)C1CCCN1C(=O)O. The molecule has 2 rings (SSSR count). The van der Waals surface area contributed by atoms with Crippen molar-refractivity contribution in [2.45, 2.75) is 44.4 Å². The second-order valence-electron chi connectivity index (χ2n) is 7.39. The molecular weight excluding hydrogens is 407 g/mol. The van der Waals surface area contributed by atoms with Crippen molar-refractivity contribution < 1.29 is 33.4 Å². The van der Waals surface area contributed by atoms with Gasteiger partial charge in [0.2, 0.25) is 5.76 Å². The van der Waals surface area contributed by atoms with E-state index in [1.807, 2.05) is 5.94 Å². The minimum atomic E-state index is -1.04. The van der Waals surface area contributed by atoms with Crippen molar-refractivity contribution in [1.29, 1.82) is 0 Å². The number of amides is 1. The number of ether oxygens (including phenoxy) is 2. The quantitative estimate of drug-likeness (QED) is 0.430. The molecule has 1 amide bonds. The van der Waals surface area contributed by atoms with E-state index in [9.17, 15) is 23.9 Å². The van der Waals surface area contributed by atoms with Gasteiger partial charge in [-0.1, -0.05) is 19.1 Å². The summed E-state index contributed by atoms with van der Waals surface area (Å²) < 4.78 is 23.9. The van der Waals surface area contributed by atoms with Crippen molar-refractivity contribution in [3.63, 3.8) is 0 Å². The van der Waals surface area contributed by atoms with Crippen LogP contribution in [0.25, 0.3) is 0 Å². The summed E-state index contributed by atoms with van der Waals surface area (Å²) in [5.41, 5.74) is 0.818. The van der Waals surface area contributed by atoms with Gasteiger partial charge in [-0.25, -0.2) is 18.8 Å². The molecule has 1 fully saturated rings. The normalized spacial score (nSPS) is 18.3. The zero-order chi connectivity index (χ0) is 23.0. The third-order valence-corrected chi connectivity index (χ3v) is 5.57. The van der Waals surface area contributed by atoms with Crippen LogP contribution in [0.2, 0.25) is 0 Å². The largest absolute Gasteiger partial charge is 0.488 e. The number of carboxylic acid groups (broad SMARTS) is 1. The molecule has 168 valence electrons. The van der Waals surface area contributed by atoms with Crippen LogP contribution < -0.4 is 5.32 Å². The lowest BCUT2D eigenvalue weighted by atomic mass is 9.92. The van der Waals surface area contributed by atoms with Crippen LogP contribution in [-0.4, -0.2) is 66.9 Å². The lowest BCUT2D eigenvalue weighted by Crippen LogP contribution is -2.48. The van der Waals surface area contributed by atoms with Gasteiger partial charge < -0.3 is 24.8 Å². The van der Waals surface area contributed by atoms with Crippen molar-refractivity contribution in [2.24, 2.45) is 5.92 Å². The molecule has 1 aromatic rings. The van der Waals surface area contributed by atoms with Gasteiger partial charge in [-0.15, -0.1) is 0 Å². The Labute approximate surface area is 180 Å². The van der Waals surface area contributed by atoms with Crippen LogP contribution in [-0.2, 0) is 25.5 Å². The topological polar surface area (TPSA) is 105 Å². The number of carbonyl (C=O) groups excluding carboxylic acids is 2. The van der Waals surface area contributed by atoms with E-state index in [-0.39, 0.29) is 17.9 Å². The van der Waals surface area contributed by atoms with Crippen molar-refractivity contribution in [3.8, 4) is 0 Å². The first-order chi connectivity index (χ1) is 14.9. The molecule has 1 heterocycles. The van der Waals surface area contributed by atoms with E-state index in [1.165, 1.54) is 31.3 Å². The summed E-state index contributed by atoms with van der Waals surface area (Å²) >= 11 is 0. The highest BCUT2D eigenvalue weighted by molar-refractivity contribution is 5.66. The number of carbonyl (C=O) groups is 1. The first kappa shape index (κ1) is 24.2.